The number of carbonyl (C=O) groups excluding carboxylic acids is 1. The molecule has 0 bridgehead atoms. The Bertz CT molecular complexity index is 994. The number of methoxy groups -OCH3 is 1. The Hall–Kier alpha value is -1.87. The third-order valence-corrected chi connectivity index (χ3v) is 6.38. The first-order chi connectivity index (χ1) is 14.0. The quantitative estimate of drug-likeness (QED) is 0.429. The molecule has 0 aliphatic carbocycles. The summed E-state index contributed by atoms with van der Waals surface area (Å²) < 4.78 is 6.43. The molecule has 3 rings (SSSR count). The lowest BCUT2D eigenvalue weighted by Gasteiger charge is -2.16. The zero-order chi connectivity index (χ0) is 20.8. The first-order valence-electron chi connectivity index (χ1n) is 8.90. The van der Waals surface area contributed by atoms with Gasteiger partial charge in [-0.2, -0.15) is 0 Å². The molecule has 0 aliphatic rings. The van der Waals surface area contributed by atoms with E-state index in [-0.39, 0.29) is 12.5 Å². The van der Waals surface area contributed by atoms with Crippen molar-refractivity contribution >= 4 is 50.6 Å². The SMILES string of the molecule is COc1ccc(Br)cc1-c1nc(CN(C)CC(=O)Nc2ccccc2SC)cs1. The van der Waals surface area contributed by atoms with Crippen LogP contribution in [0, 0.1) is 0 Å². The fraction of sp³-hybridized carbons (Fsp3) is 0.238. The fourth-order valence-electron chi connectivity index (χ4n) is 2.87. The normalized spacial score (nSPS) is 10.9. The average Bonchev–Trinajstić information content (AvgIpc) is 3.16. The van der Waals surface area contributed by atoms with Gasteiger partial charge in [0.1, 0.15) is 10.8 Å². The highest BCUT2D eigenvalue weighted by molar-refractivity contribution is 9.10. The molecule has 0 spiro atoms. The number of hydrogen-bond donors (Lipinski definition) is 1. The molecule has 0 radical (unpaired) electrons. The number of nitrogens with one attached hydrogen (secondary N) is 1. The lowest BCUT2D eigenvalue weighted by Crippen LogP contribution is -2.30. The molecule has 0 saturated heterocycles. The standard InChI is InChI=1S/C21H22BrN3O2S2/c1-25(12-20(26)24-17-6-4-5-7-19(17)28-3)11-15-13-29-21(23-15)16-10-14(22)8-9-18(16)27-2/h4-10,13H,11-12H2,1-3H3,(H,24,26). The number of amides is 1. The lowest BCUT2D eigenvalue weighted by atomic mass is 10.2. The monoisotopic (exact) mass is 491 g/mol. The number of benzene rings is 2. The molecule has 2 aromatic carbocycles. The number of nitrogens with zero attached hydrogens (tertiary/aromatic N) is 2. The van der Waals surface area contributed by atoms with Crippen molar-refractivity contribution in [2.45, 2.75) is 11.4 Å². The number of aromatic nitrogens is 1. The molecule has 3 aromatic rings. The summed E-state index contributed by atoms with van der Waals surface area (Å²) >= 11 is 6.68. The molecule has 1 heterocycles. The molecule has 0 saturated carbocycles. The summed E-state index contributed by atoms with van der Waals surface area (Å²) in [5.41, 5.74) is 2.72. The van der Waals surface area contributed by atoms with Crippen LogP contribution >= 0.6 is 39.0 Å². The van der Waals surface area contributed by atoms with Crippen molar-refractivity contribution in [3.8, 4) is 16.3 Å². The second kappa shape index (κ2) is 10.2. The highest BCUT2D eigenvalue weighted by Gasteiger charge is 2.14. The highest BCUT2D eigenvalue weighted by Crippen LogP contribution is 2.34. The van der Waals surface area contributed by atoms with Crippen molar-refractivity contribution < 1.29 is 9.53 Å². The molecule has 0 aliphatic heterocycles. The second-order valence-electron chi connectivity index (χ2n) is 6.41. The second-order valence-corrected chi connectivity index (χ2v) is 9.03. The number of thiazole rings is 1. The predicted octanol–water partition coefficient (Wildman–Crippen LogP) is 5.37. The van der Waals surface area contributed by atoms with Gasteiger partial charge in [-0.3, -0.25) is 9.69 Å². The number of hydrogen-bond acceptors (Lipinski definition) is 6. The first kappa shape index (κ1) is 21.8. The fourth-order valence-corrected chi connectivity index (χ4v) is 4.61. The molecule has 8 heteroatoms. The summed E-state index contributed by atoms with van der Waals surface area (Å²) in [5.74, 6) is 0.743. The molecule has 1 amide bonds. The molecule has 29 heavy (non-hydrogen) atoms. The largest absolute Gasteiger partial charge is 0.496 e. The zero-order valence-corrected chi connectivity index (χ0v) is 19.7. The van der Waals surface area contributed by atoms with Gasteiger partial charge in [0, 0.05) is 21.3 Å². The first-order valence-corrected chi connectivity index (χ1v) is 11.8. The maximum Gasteiger partial charge on any atom is 0.238 e. The Morgan fingerprint density at radius 1 is 1.31 bits per heavy atom. The Morgan fingerprint density at radius 2 is 2.10 bits per heavy atom. The van der Waals surface area contributed by atoms with Crippen LogP contribution in [0.5, 0.6) is 5.75 Å². The Kier molecular flexibility index (Phi) is 7.71. The lowest BCUT2D eigenvalue weighted by molar-refractivity contribution is -0.117. The van der Waals surface area contributed by atoms with Crippen LogP contribution in [0.25, 0.3) is 10.6 Å². The van der Waals surface area contributed by atoms with E-state index in [4.69, 9.17) is 9.72 Å². The van der Waals surface area contributed by atoms with Gasteiger partial charge < -0.3 is 10.1 Å². The van der Waals surface area contributed by atoms with Crippen molar-refractivity contribution in [2.24, 2.45) is 0 Å². The third kappa shape index (κ3) is 5.82. The number of halogens is 1. The van der Waals surface area contributed by atoms with Crippen molar-refractivity contribution in [2.75, 3.05) is 32.3 Å². The minimum absolute atomic E-state index is 0.0434. The molecule has 0 fully saturated rings. The van der Waals surface area contributed by atoms with Crippen molar-refractivity contribution in [3.05, 3.63) is 58.0 Å². The van der Waals surface area contributed by atoms with Crippen LogP contribution in [0.15, 0.2) is 57.2 Å². The van der Waals surface area contributed by atoms with Crippen LogP contribution in [-0.2, 0) is 11.3 Å². The number of ether oxygens (including phenoxy) is 1. The van der Waals surface area contributed by atoms with E-state index in [0.29, 0.717) is 6.54 Å². The Labute approximate surface area is 187 Å². The number of likely N-dealkylation sites (N-methyl/N-ethyl adjacent to an activating group) is 1. The van der Waals surface area contributed by atoms with Crippen LogP contribution in [0.2, 0.25) is 0 Å². The van der Waals surface area contributed by atoms with Gasteiger partial charge in [-0.25, -0.2) is 4.98 Å². The van der Waals surface area contributed by atoms with Gasteiger partial charge in [-0.05, 0) is 43.6 Å². The number of para-hydroxylation sites is 1. The van der Waals surface area contributed by atoms with Gasteiger partial charge in [0.05, 0.1) is 30.6 Å². The van der Waals surface area contributed by atoms with Gasteiger partial charge in [0.15, 0.2) is 0 Å². The summed E-state index contributed by atoms with van der Waals surface area (Å²) in [6, 6.07) is 13.7. The Morgan fingerprint density at radius 3 is 2.86 bits per heavy atom. The van der Waals surface area contributed by atoms with Crippen LogP contribution in [0.4, 0.5) is 5.69 Å². The topological polar surface area (TPSA) is 54.5 Å². The van der Waals surface area contributed by atoms with E-state index < -0.39 is 0 Å². The van der Waals surface area contributed by atoms with Crippen molar-refractivity contribution in [3.63, 3.8) is 0 Å². The van der Waals surface area contributed by atoms with E-state index in [9.17, 15) is 4.79 Å². The average molecular weight is 492 g/mol. The van der Waals surface area contributed by atoms with Crippen LogP contribution in [0.1, 0.15) is 5.69 Å². The van der Waals surface area contributed by atoms with E-state index in [1.165, 1.54) is 0 Å². The number of thioether (sulfide) groups is 1. The smallest absolute Gasteiger partial charge is 0.238 e. The van der Waals surface area contributed by atoms with Crippen molar-refractivity contribution in [1.29, 1.82) is 0 Å². The summed E-state index contributed by atoms with van der Waals surface area (Å²) in [6.07, 6.45) is 2.00. The van der Waals surface area contributed by atoms with E-state index in [1.807, 2.05) is 66.0 Å². The van der Waals surface area contributed by atoms with Crippen molar-refractivity contribution in [1.82, 2.24) is 9.88 Å². The Balaban J connectivity index is 1.62. The molecular weight excluding hydrogens is 470 g/mol. The number of rotatable bonds is 8. The van der Waals surface area contributed by atoms with E-state index in [0.717, 1.165) is 37.1 Å². The molecular formula is C21H22BrN3O2S2. The van der Waals surface area contributed by atoms with Gasteiger partial charge in [-0.1, -0.05) is 28.1 Å². The summed E-state index contributed by atoms with van der Waals surface area (Å²) in [4.78, 5) is 20.2. The molecule has 1 N–H and O–H groups in total. The van der Waals surface area contributed by atoms with Crippen LogP contribution < -0.4 is 10.1 Å². The van der Waals surface area contributed by atoms with Gasteiger partial charge in [0.25, 0.3) is 0 Å². The minimum Gasteiger partial charge on any atom is -0.496 e. The third-order valence-electron chi connectivity index (χ3n) is 4.17. The molecule has 0 unspecified atom stereocenters. The zero-order valence-electron chi connectivity index (χ0n) is 16.4. The number of anilines is 1. The molecule has 1 aromatic heterocycles. The summed E-state index contributed by atoms with van der Waals surface area (Å²) in [6.45, 7) is 0.875. The van der Waals surface area contributed by atoms with Gasteiger partial charge in [-0.15, -0.1) is 23.1 Å². The minimum atomic E-state index is -0.0434. The maximum absolute atomic E-state index is 12.4. The van der Waals surface area contributed by atoms with Crippen LogP contribution in [-0.4, -0.2) is 42.7 Å². The van der Waals surface area contributed by atoms with E-state index >= 15 is 0 Å². The number of carbonyl (C=O) groups is 1. The molecule has 5 nitrogen and oxygen atoms in total. The molecule has 0 atom stereocenters. The molecule has 152 valence electrons. The van der Waals surface area contributed by atoms with E-state index in [1.54, 1.807) is 30.2 Å². The predicted molar refractivity (Wildman–Crippen MR) is 125 cm³/mol. The summed E-state index contributed by atoms with van der Waals surface area (Å²) in [5, 5.41) is 5.90. The highest BCUT2D eigenvalue weighted by atomic mass is 79.9. The van der Waals surface area contributed by atoms with Gasteiger partial charge >= 0.3 is 0 Å². The summed E-state index contributed by atoms with van der Waals surface area (Å²) in [7, 11) is 3.57. The maximum atomic E-state index is 12.4. The van der Waals surface area contributed by atoms with E-state index in [2.05, 4.69) is 21.2 Å². The van der Waals surface area contributed by atoms with Crippen LogP contribution in [0.3, 0.4) is 0 Å². The van der Waals surface area contributed by atoms with Gasteiger partial charge in [0.2, 0.25) is 5.91 Å².